The van der Waals surface area contributed by atoms with Crippen LogP contribution in [0.15, 0.2) is 60.7 Å². The Morgan fingerprint density at radius 2 is 1.15 bits per heavy atom. The molecular formula is C19H22N3O3P. The monoisotopic (exact) mass is 371 g/mol. The van der Waals surface area contributed by atoms with Crippen molar-refractivity contribution in [1.29, 1.82) is 0 Å². The van der Waals surface area contributed by atoms with Crippen molar-refractivity contribution in [2.24, 2.45) is 0 Å². The summed E-state index contributed by atoms with van der Waals surface area (Å²) < 4.78 is 18.4. The first-order valence-electron chi connectivity index (χ1n) is 8.38. The Hall–Kier alpha value is -2.56. The summed E-state index contributed by atoms with van der Waals surface area (Å²) in [6, 6.07) is 19.6. The minimum absolute atomic E-state index is 0.127. The van der Waals surface area contributed by atoms with Gasteiger partial charge < -0.3 is 0 Å². The second-order valence-electron chi connectivity index (χ2n) is 6.58. The molecule has 2 amide bonds. The fourth-order valence-corrected chi connectivity index (χ4v) is 7.65. The van der Waals surface area contributed by atoms with E-state index >= 15 is 0 Å². The second kappa shape index (κ2) is 5.47. The summed E-state index contributed by atoms with van der Waals surface area (Å²) in [6.45, 7) is 0. The van der Waals surface area contributed by atoms with Crippen molar-refractivity contribution >= 4 is 25.1 Å². The Balaban J connectivity index is 1.93. The van der Waals surface area contributed by atoms with Gasteiger partial charge in [-0.05, 0) is 0 Å². The third-order valence-electron chi connectivity index (χ3n) is 5.04. The van der Waals surface area contributed by atoms with Crippen LogP contribution in [-0.4, -0.2) is 48.2 Å². The molecule has 0 N–H and O–H groups in total. The zero-order valence-corrected chi connectivity index (χ0v) is 16.2. The first-order valence-corrected chi connectivity index (χ1v) is 10.3. The number of amides is 2. The van der Waals surface area contributed by atoms with Gasteiger partial charge in [-0.1, -0.05) is 0 Å². The molecule has 0 bridgehead atoms. The van der Waals surface area contributed by atoms with Crippen molar-refractivity contribution in [2.45, 2.75) is 0 Å². The van der Waals surface area contributed by atoms with Gasteiger partial charge >= 0.3 is 153 Å². The third kappa shape index (κ3) is 1.86. The van der Waals surface area contributed by atoms with Crippen LogP contribution in [0.5, 0.6) is 0 Å². The van der Waals surface area contributed by atoms with E-state index in [4.69, 9.17) is 9.05 Å². The summed E-state index contributed by atoms with van der Waals surface area (Å²) in [5.74, 6) is 1.30. The van der Waals surface area contributed by atoms with Gasteiger partial charge in [0.25, 0.3) is 0 Å². The third-order valence-corrected chi connectivity index (χ3v) is 9.81. The van der Waals surface area contributed by atoms with Crippen molar-refractivity contribution in [2.75, 3.05) is 28.2 Å². The van der Waals surface area contributed by atoms with Crippen LogP contribution in [0.1, 0.15) is 11.1 Å². The SMILES string of the molecule is CN(C)P12(OC(c3ccccc3)=C(c3ccccc3)O1)N(C)C(=O)N2C. The molecule has 0 unspecified atom stereocenters. The molecule has 1 saturated heterocycles. The number of urea groups is 1. The number of benzene rings is 2. The summed E-state index contributed by atoms with van der Waals surface area (Å²) in [4.78, 5) is 12.4. The number of nitrogens with zero attached hydrogens (tertiary/aromatic N) is 3. The van der Waals surface area contributed by atoms with E-state index in [0.29, 0.717) is 11.5 Å². The van der Waals surface area contributed by atoms with Gasteiger partial charge in [0.15, 0.2) is 0 Å². The number of carbonyl (C=O) groups is 1. The summed E-state index contributed by atoms with van der Waals surface area (Å²) in [5, 5.41) is 0. The number of carbonyl (C=O) groups excluding carboxylic acids is 1. The molecule has 2 aliphatic heterocycles. The van der Waals surface area contributed by atoms with Crippen molar-refractivity contribution in [3.63, 3.8) is 0 Å². The standard InChI is InChI=1S/C19H22N3O3P/c1-20(2)26(21(3)19(23)22(26)4)24-17(15-11-7-5-8-12-15)18(25-26)16-13-9-6-10-14-16/h5-14H,1-4H3. The molecule has 2 aromatic carbocycles. The van der Waals surface area contributed by atoms with Crippen molar-refractivity contribution in [3.8, 4) is 0 Å². The summed E-state index contributed by atoms with van der Waals surface area (Å²) in [5.41, 5.74) is 1.83. The van der Waals surface area contributed by atoms with E-state index in [1.165, 1.54) is 0 Å². The summed E-state index contributed by atoms with van der Waals surface area (Å²) >= 11 is 0. The zero-order chi connectivity index (χ0) is 18.6. The van der Waals surface area contributed by atoms with Crippen LogP contribution in [0.25, 0.3) is 11.5 Å². The van der Waals surface area contributed by atoms with E-state index in [0.717, 1.165) is 11.1 Å². The first-order chi connectivity index (χ1) is 12.4. The van der Waals surface area contributed by atoms with E-state index in [1.807, 2.05) is 79.4 Å². The average Bonchev–Trinajstić information content (AvgIpc) is 3.08. The fourth-order valence-electron chi connectivity index (χ4n) is 3.58. The molecule has 0 atom stereocenters. The molecule has 26 heavy (non-hydrogen) atoms. The van der Waals surface area contributed by atoms with Gasteiger partial charge in [0.05, 0.1) is 0 Å². The van der Waals surface area contributed by atoms with E-state index in [1.54, 1.807) is 23.4 Å². The van der Waals surface area contributed by atoms with Gasteiger partial charge in [0, 0.05) is 0 Å². The molecule has 0 aromatic heterocycles. The molecule has 1 fully saturated rings. The van der Waals surface area contributed by atoms with Crippen LogP contribution in [0, 0.1) is 0 Å². The molecule has 2 heterocycles. The molecule has 2 aliphatic rings. The molecule has 0 saturated carbocycles. The van der Waals surface area contributed by atoms with E-state index in [2.05, 4.69) is 0 Å². The Labute approximate surface area is 153 Å². The van der Waals surface area contributed by atoms with Gasteiger partial charge in [0.1, 0.15) is 0 Å². The van der Waals surface area contributed by atoms with Crippen LogP contribution in [-0.2, 0) is 9.05 Å². The summed E-state index contributed by atoms with van der Waals surface area (Å²) in [6.07, 6.45) is 0. The predicted octanol–water partition coefficient (Wildman–Crippen LogP) is 4.25. The van der Waals surface area contributed by atoms with E-state index in [-0.39, 0.29) is 6.03 Å². The molecule has 0 radical (unpaired) electrons. The maximum atomic E-state index is 12.4. The topological polar surface area (TPSA) is 45.3 Å². The minimum atomic E-state index is -3.69. The zero-order valence-electron chi connectivity index (χ0n) is 15.3. The number of rotatable bonds is 3. The molecule has 2 aromatic rings. The van der Waals surface area contributed by atoms with Gasteiger partial charge in [-0.2, -0.15) is 0 Å². The second-order valence-corrected chi connectivity index (χ2v) is 10.6. The Morgan fingerprint density at radius 3 is 1.50 bits per heavy atom. The first kappa shape index (κ1) is 16.9. The Morgan fingerprint density at radius 1 is 0.769 bits per heavy atom. The molecule has 136 valence electrons. The Bertz CT molecular complexity index is 831. The molecule has 1 spiro atoms. The van der Waals surface area contributed by atoms with Crippen LogP contribution >= 0.6 is 7.51 Å². The number of hydrogen-bond donors (Lipinski definition) is 0. The van der Waals surface area contributed by atoms with Crippen molar-refractivity contribution in [1.82, 2.24) is 14.0 Å². The van der Waals surface area contributed by atoms with E-state index in [9.17, 15) is 4.79 Å². The molecule has 7 heteroatoms. The van der Waals surface area contributed by atoms with Crippen LogP contribution < -0.4 is 0 Å². The quantitative estimate of drug-likeness (QED) is 0.757. The predicted molar refractivity (Wildman–Crippen MR) is 103 cm³/mol. The maximum absolute atomic E-state index is 12.4. The molecular weight excluding hydrogens is 349 g/mol. The van der Waals surface area contributed by atoms with Crippen molar-refractivity contribution in [3.05, 3.63) is 71.8 Å². The Kier molecular flexibility index (Phi) is 3.55. The fraction of sp³-hybridized carbons (Fsp3) is 0.211. The molecule has 4 rings (SSSR count). The van der Waals surface area contributed by atoms with E-state index < -0.39 is 7.51 Å². The molecule has 6 nitrogen and oxygen atoms in total. The summed E-state index contributed by atoms with van der Waals surface area (Å²) in [7, 11) is 3.54. The van der Waals surface area contributed by atoms with Crippen LogP contribution in [0.2, 0.25) is 0 Å². The van der Waals surface area contributed by atoms with Gasteiger partial charge in [-0.25, -0.2) is 0 Å². The van der Waals surface area contributed by atoms with Gasteiger partial charge in [0.2, 0.25) is 0 Å². The van der Waals surface area contributed by atoms with Crippen molar-refractivity contribution < 1.29 is 13.8 Å². The molecule has 0 aliphatic carbocycles. The van der Waals surface area contributed by atoms with Gasteiger partial charge in [-0.15, -0.1) is 0 Å². The van der Waals surface area contributed by atoms with Gasteiger partial charge in [-0.3, -0.25) is 0 Å². The average molecular weight is 371 g/mol. The number of hydrogen-bond acceptors (Lipinski definition) is 4. The van der Waals surface area contributed by atoms with Crippen LogP contribution in [0.4, 0.5) is 4.79 Å². The normalized spacial score (nSPS) is 21.9. The van der Waals surface area contributed by atoms with Crippen LogP contribution in [0.3, 0.4) is 0 Å².